The summed E-state index contributed by atoms with van der Waals surface area (Å²) in [6.07, 6.45) is 9.23. The van der Waals surface area contributed by atoms with E-state index in [4.69, 9.17) is 0 Å². The van der Waals surface area contributed by atoms with Gasteiger partial charge in [0.1, 0.15) is 0 Å². The molecule has 2 unspecified atom stereocenters. The van der Waals surface area contributed by atoms with E-state index in [9.17, 15) is 4.79 Å². The number of anilines is 1. The fourth-order valence-electron chi connectivity index (χ4n) is 4.33. The Kier molecular flexibility index (Phi) is 7.28. The Labute approximate surface area is 161 Å². The van der Waals surface area contributed by atoms with Gasteiger partial charge in [0.25, 0.3) is 0 Å². The summed E-state index contributed by atoms with van der Waals surface area (Å²) in [4.78, 5) is 25.4. The number of rotatable bonds is 3. The maximum absolute atomic E-state index is 12.6. The molecule has 2 atom stereocenters. The van der Waals surface area contributed by atoms with Gasteiger partial charge in [-0.05, 0) is 37.7 Å². The molecule has 1 N–H and O–H groups in total. The Balaban J connectivity index is 0.00000113. The van der Waals surface area contributed by atoms with Gasteiger partial charge in [-0.15, -0.1) is 24.8 Å². The predicted molar refractivity (Wildman–Crippen MR) is 103 cm³/mol. The van der Waals surface area contributed by atoms with Gasteiger partial charge in [0.2, 0.25) is 11.9 Å². The number of fused-ring (bicyclic) bond motifs is 2. The minimum atomic E-state index is 0. The Hall–Kier alpha value is -1.11. The normalized spacial score (nSPS) is 28.1. The highest BCUT2D eigenvalue weighted by molar-refractivity contribution is 5.85. The monoisotopic (exact) mass is 387 g/mol. The van der Waals surface area contributed by atoms with Crippen LogP contribution in [0.4, 0.5) is 5.95 Å². The molecule has 3 fully saturated rings. The van der Waals surface area contributed by atoms with E-state index in [2.05, 4.69) is 20.2 Å². The Bertz CT molecular complexity index is 541. The van der Waals surface area contributed by atoms with Crippen LogP contribution in [0.5, 0.6) is 0 Å². The lowest BCUT2D eigenvalue weighted by molar-refractivity contribution is -0.132. The van der Waals surface area contributed by atoms with Gasteiger partial charge in [-0.2, -0.15) is 0 Å². The van der Waals surface area contributed by atoms with Crippen molar-refractivity contribution in [3.8, 4) is 0 Å². The topological polar surface area (TPSA) is 61.4 Å². The second-order valence-electron chi connectivity index (χ2n) is 7.10. The van der Waals surface area contributed by atoms with Gasteiger partial charge in [0.15, 0.2) is 0 Å². The van der Waals surface area contributed by atoms with Gasteiger partial charge >= 0.3 is 0 Å². The van der Waals surface area contributed by atoms with Gasteiger partial charge in [0.05, 0.1) is 0 Å². The van der Waals surface area contributed by atoms with E-state index < -0.39 is 0 Å². The summed E-state index contributed by atoms with van der Waals surface area (Å²) in [5.74, 6) is 1.69. The zero-order chi connectivity index (χ0) is 15.6. The van der Waals surface area contributed by atoms with E-state index in [1.165, 1.54) is 25.7 Å². The molecule has 3 aliphatic rings. The van der Waals surface area contributed by atoms with Gasteiger partial charge < -0.3 is 15.1 Å². The molecule has 1 aromatic heterocycles. The molecule has 0 aliphatic carbocycles. The quantitative estimate of drug-likeness (QED) is 0.857. The molecule has 1 aromatic rings. The van der Waals surface area contributed by atoms with Crippen molar-refractivity contribution in [1.29, 1.82) is 0 Å². The van der Waals surface area contributed by atoms with Gasteiger partial charge in [-0.1, -0.05) is 0 Å². The van der Waals surface area contributed by atoms with E-state index in [1.807, 2.05) is 11.0 Å². The second-order valence-corrected chi connectivity index (χ2v) is 7.10. The number of aromatic nitrogens is 2. The van der Waals surface area contributed by atoms with E-state index >= 15 is 0 Å². The van der Waals surface area contributed by atoms with Crippen molar-refractivity contribution in [3.05, 3.63) is 18.5 Å². The maximum Gasteiger partial charge on any atom is 0.225 e. The first-order valence-corrected chi connectivity index (χ1v) is 8.84. The van der Waals surface area contributed by atoms with Crippen LogP contribution >= 0.6 is 24.8 Å². The van der Waals surface area contributed by atoms with Gasteiger partial charge in [-0.3, -0.25) is 4.79 Å². The van der Waals surface area contributed by atoms with Crippen LogP contribution in [0.2, 0.25) is 0 Å². The van der Waals surface area contributed by atoms with Crippen LogP contribution in [0.25, 0.3) is 0 Å². The number of nitrogens with one attached hydrogen (secondary N) is 1. The molecule has 25 heavy (non-hydrogen) atoms. The molecule has 3 saturated heterocycles. The van der Waals surface area contributed by atoms with Crippen LogP contribution in [-0.2, 0) is 4.79 Å². The number of piperazine rings is 1. The average Bonchev–Trinajstić information content (AvgIpc) is 2.94. The predicted octanol–water partition coefficient (Wildman–Crippen LogP) is 1.89. The van der Waals surface area contributed by atoms with Gasteiger partial charge in [-0.25, -0.2) is 9.97 Å². The molecule has 0 radical (unpaired) electrons. The highest BCUT2D eigenvalue weighted by atomic mass is 35.5. The molecule has 1 amide bonds. The SMILES string of the molecule is Cl.Cl.O=C(CC1CC2CCC(C1)N2)N1CCN(c2ncccn2)CC1. The third-order valence-electron chi connectivity index (χ3n) is 5.50. The van der Waals surface area contributed by atoms with Crippen LogP contribution in [-0.4, -0.2) is 59.0 Å². The molecule has 0 spiro atoms. The van der Waals surface area contributed by atoms with Crippen molar-refractivity contribution in [3.63, 3.8) is 0 Å². The molecule has 4 rings (SSSR count). The number of hydrogen-bond acceptors (Lipinski definition) is 5. The van der Waals surface area contributed by atoms with Crippen LogP contribution in [0.1, 0.15) is 32.1 Å². The minimum Gasteiger partial charge on any atom is -0.339 e. The number of piperidine rings is 1. The smallest absolute Gasteiger partial charge is 0.225 e. The van der Waals surface area contributed by atoms with E-state index in [0.717, 1.165) is 38.5 Å². The number of carbonyl (C=O) groups excluding carboxylic acids is 1. The molecule has 3 aliphatic heterocycles. The zero-order valence-corrected chi connectivity index (χ0v) is 16.0. The zero-order valence-electron chi connectivity index (χ0n) is 14.3. The first-order chi connectivity index (χ1) is 11.3. The lowest BCUT2D eigenvalue weighted by Gasteiger charge is -2.36. The molecule has 6 nitrogen and oxygen atoms in total. The van der Waals surface area contributed by atoms with Crippen LogP contribution in [0.15, 0.2) is 18.5 Å². The van der Waals surface area contributed by atoms with Crippen molar-refractivity contribution >= 4 is 36.7 Å². The molecular weight excluding hydrogens is 361 g/mol. The number of halogens is 2. The highest BCUT2D eigenvalue weighted by Crippen LogP contribution is 2.33. The lowest BCUT2D eigenvalue weighted by Crippen LogP contribution is -2.50. The Morgan fingerprint density at radius 3 is 2.24 bits per heavy atom. The summed E-state index contributed by atoms with van der Waals surface area (Å²) < 4.78 is 0. The first-order valence-electron chi connectivity index (χ1n) is 8.84. The summed E-state index contributed by atoms with van der Waals surface area (Å²) in [7, 11) is 0. The molecule has 0 aromatic carbocycles. The fraction of sp³-hybridized carbons (Fsp3) is 0.706. The summed E-state index contributed by atoms with van der Waals surface area (Å²) in [5.41, 5.74) is 0. The van der Waals surface area contributed by atoms with Crippen molar-refractivity contribution in [2.75, 3.05) is 31.1 Å². The van der Waals surface area contributed by atoms with Crippen LogP contribution in [0.3, 0.4) is 0 Å². The summed E-state index contributed by atoms with van der Waals surface area (Å²) in [6.45, 7) is 3.23. The van der Waals surface area contributed by atoms with Crippen molar-refractivity contribution < 1.29 is 4.79 Å². The molecule has 0 saturated carbocycles. The summed E-state index contributed by atoms with van der Waals surface area (Å²) >= 11 is 0. The Morgan fingerprint density at radius 1 is 1.04 bits per heavy atom. The van der Waals surface area contributed by atoms with E-state index in [0.29, 0.717) is 23.9 Å². The summed E-state index contributed by atoms with van der Waals surface area (Å²) in [5, 5.41) is 3.65. The van der Waals surface area contributed by atoms with Crippen LogP contribution < -0.4 is 10.2 Å². The highest BCUT2D eigenvalue weighted by Gasteiger charge is 2.35. The van der Waals surface area contributed by atoms with E-state index in [-0.39, 0.29) is 24.8 Å². The number of nitrogens with zero attached hydrogens (tertiary/aromatic N) is 4. The standard InChI is InChI=1S/C17H25N5O.2ClH/c23-16(12-13-10-14-2-3-15(11-13)20-14)21-6-8-22(9-7-21)17-18-4-1-5-19-17;;/h1,4-5,13-15,20H,2-3,6-12H2;2*1H. The first kappa shape index (κ1) is 20.2. The number of amides is 1. The minimum absolute atomic E-state index is 0. The molecule has 140 valence electrons. The second kappa shape index (κ2) is 9.01. The largest absolute Gasteiger partial charge is 0.339 e. The number of carbonyl (C=O) groups is 1. The van der Waals surface area contributed by atoms with Crippen molar-refractivity contribution in [2.45, 2.75) is 44.2 Å². The van der Waals surface area contributed by atoms with Gasteiger partial charge in [0, 0.05) is 57.1 Å². The third-order valence-corrected chi connectivity index (χ3v) is 5.50. The molecule has 8 heteroatoms. The molecule has 4 heterocycles. The summed E-state index contributed by atoms with van der Waals surface area (Å²) in [6, 6.07) is 3.16. The molecule has 2 bridgehead atoms. The van der Waals surface area contributed by atoms with Crippen molar-refractivity contribution in [2.24, 2.45) is 5.92 Å². The average molecular weight is 388 g/mol. The number of hydrogen-bond donors (Lipinski definition) is 1. The Morgan fingerprint density at radius 2 is 1.64 bits per heavy atom. The van der Waals surface area contributed by atoms with Crippen LogP contribution in [0, 0.1) is 5.92 Å². The lowest BCUT2D eigenvalue weighted by atomic mass is 9.89. The third kappa shape index (κ3) is 4.74. The van der Waals surface area contributed by atoms with Crippen molar-refractivity contribution in [1.82, 2.24) is 20.2 Å². The molecular formula is C17H27Cl2N5O. The fourth-order valence-corrected chi connectivity index (χ4v) is 4.33. The van der Waals surface area contributed by atoms with E-state index in [1.54, 1.807) is 12.4 Å². The maximum atomic E-state index is 12.6.